The Kier molecular flexibility index (Phi) is 7.93. The summed E-state index contributed by atoms with van der Waals surface area (Å²) in [6.07, 6.45) is 2.64. The van der Waals surface area contributed by atoms with Crippen molar-refractivity contribution in [3.05, 3.63) is 59.9 Å². The van der Waals surface area contributed by atoms with Crippen LogP contribution in [0.5, 0.6) is 0 Å². The molecule has 0 aliphatic heterocycles. The second-order valence-electron chi connectivity index (χ2n) is 6.77. The van der Waals surface area contributed by atoms with Crippen LogP contribution in [0.2, 0.25) is 0 Å². The number of anilines is 2. The minimum absolute atomic E-state index is 0.0466. The van der Waals surface area contributed by atoms with Crippen LogP contribution >= 0.6 is 0 Å². The van der Waals surface area contributed by atoms with E-state index in [-0.39, 0.29) is 5.69 Å². The van der Waals surface area contributed by atoms with Gasteiger partial charge in [0.25, 0.3) is 0 Å². The molecule has 9 heteroatoms. The molecule has 0 aromatic heterocycles. The molecule has 1 amide bonds. The van der Waals surface area contributed by atoms with Gasteiger partial charge in [-0.3, -0.25) is 9.10 Å². The maximum atomic E-state index is 13.6. The zero-order valence-electron chi connectivity index (χ0n) is 17.1. The Balaban J connectivity index is 2.12. The zero-order chi connectivity index (χ0) is 22.3. The predicted octanol–water partition coefficient (Wildman–Crippen LogP) is 3.58. The molecule has 0 saturated heterocycles. The summed E-state index contributed by atoms with van der Waals surface area (Å²) in [6, 6.07) is 9.93. The lowest BCUT2D eigenvalue weighted by atomic mass is 10.2. The number of nitrogens with one attached hydrogen (secondary N) is 1. The van der Waals surface area contributed by atoms with Crippen molar-refractivity contribution in [3.8, 4) is 0 Å². The minimum Gasteiger partial charge on any atom is -0.462 e. The number of carbonyl (C=O) groups excluding carboxylic acids is 2. The number of hydrogen-bond donors (Lipinski definition) is 1. The van der Waals surface area contributed by atoms with Crippen LogP contribution in [0.25, 0.3) is 0 Å². The number of esters is 1. The Morgan fingerprint density at radius 1 is 1.17 bits per heavy atom. The first-order valence-electron chi connectivity index (χ1n) is 9.46. The van der Waals surface area contributed by atoms with Gasteiger partial charge in [0.2, 0.25) is 15.9 Å². The Morgan fingerprint density at radius 3 is 2.40 bits per heavy atom. The first kappa shape index (κ1) is 23.3. The second-order valence-corrected chi connectivity index (χ2v) is 8.63. The van der Waals surface area contributed by atoms with E-state index in [0.717, 1.165) is 29.5 Å². The van der Waals surface area contributed by atoms with Gasteiger partial charge >= 0.3 is 5.97 Å². The third-order valence-electron chi connectivity index (χ3n) is 4.27. The Bertz CT molecular complexity index is 993. The molecule has 0 radical (unpaired) electrons. The van der Waals surface area contributed by atoms with E-state index >= 15 is 0 Å². The highest BCUT2D eigenvalue weighted by molar-refractivity contribution is 7.92. The van der Waals surface area contributed by atoms with E-state index in [1.807, 2.05) is 6.92 Å². The lowest BCUT2D eigenvalue weighted by molar-refractivity contribution is -0.116. The van der Waals surface area contributed by atoms with Crippen LogP contribution in [0.1, 0.15) is 37.0 Å². The number of carbonyl (C=O) groups is 2. The third-order valence-corrected chi connectivity index (χ3v) is 5.51. The number of nitrogens with zero attached hydrogens (tertiary/aromatic N) is 1. The van der Waals surface area contributed by atoms with Crippen molar-refractivity contribution in [1.29, 1.82) is 0 Å². The van der Waals surface area contributed by atoms with Gasteiger partial charge in [0, 0.05) is 5.69 Å². The number of benzene rings is 2. The number of unbranched alkanes of at least 4 members (excludes halogenated alkanes) is 1. The average molecular weight is 437 g/mol. The molecule has 2 aromatic rings. The lowest BCUT2D eigenvalue weighted by Gasteiger charge is -2.28. The van der Waals surface area contributed by atoms with Crippen molar-refractivity contribution in [1.82, 2.24) is 0 Å². The molecule has 162 valence electrons. The molecule has 0 heterocycles. The summed E-state index contributed by atoms with van der Waals surface area (Å²) in [5, 5.41) is 2.61. The number of rotatable bonds is 9. The van der Waals surface area contributed by atoms with Gasteiger partial charge in [-0.1, -0.05) is 19.4 Å². The monoisotopic (exact) mass is 436 g/mol. The number of sulfonamides is 1. The van der Waals surface area contributed by atoms with Gasteiger partial charge in [-0.05, 0) is 55.8 Å². The van der Waals surface area contributed by atoms with Gasteiger partial charge in [0.15, 0.2) is 0 Å². The van der Waals surface area contributed by atoms with Crippen molar-refractivity contribution >= 4 is 33.3 Å². The molecule has 1 N–H and O–H groups in total. The van der Waals surface area contributed by atoms with Crippen LogP contribution in [0.3, 0.4) is 0 Å². The smallest absolute Gasteiger partial charge is 0.338 e. The molecule has 7 nitrogen and oxygen atoms in total. The molecule has 30 heavy (non-hydrogen) atoms. The molecule has 2 rings (SSSR count). The van der Waals surface area contributed by atoms with Crippen molar-refractivity contribution < 1.29 is 27.1 Å². The Hall–Kier alpha value is -2.94. The maximum absolute atomic E-state index is 13.6. The number of amides is 1. The van der Waals surface area contributed by atoms with Crippen LogP contribution in [0, 0.1) is 5.82 Å². The SMILES string of the molecule is CCCCOC(=O)c1ccc(NC(=O)[C@@H](C)N(c2cccc(F)c2)S(C)(=O)=O)cc1. The molecule has 0 fully saturated rings. The molecule has 0 saturated carbocycles. The summed E-state index contributed by atoms with van der Waals surface area (Å²) in [7, 11) is -3.86. The van der Waals surface area contributed by atoms with Gasteiger partial charge in [-0.25, -0.2) is 17.6 Å². The van der Waals surface area contributed by atoms with E-state index in [2.05, 4.69) is 5.32 Å². The van der Waals surface area contributed by atoms with E-state index < -0.39 is 33.8 Å². The highest BCUT2D eigenvalue weighted by atomic mass is 32.2. The highest BCUT2D eigenvalue weighted by Crippen LogP contribution is 2.22. The molecule has 0 unspecified atom stereocenters. The summed E-state index contributed by atoms with van der Waals surface area (Å²) >= 11 is 0. The summed E-state index contributed by atoms with van der Waals surface area (Å²) in [5.41, 5.74) is 0.768. The van der Waals surface area contributed by atoms with Crippen LogP contribution in [0.15, 0.2) is 48.5 Å². The predicted molar refractivity (Wildman–Crippen MR) is 113 cm³/mol. The van der Waals surface area contributed by atoms with Gasteiger partial charge < -0.3 is 10.1 Å². The topological polar surface area (TPSA) is 92.8 Å². The molecule has 0 bridgehead atoms. The largest absolute Gasteiger partial charge is 0.462 e. The third kappa shape index (κ3) is 6.28. The van der Waals surface area contributed by atoms with Crippen molar-refractivity contribution in [3.63, 3.8) is 0 Å². The van der Waals surface area contributed by atoms with Crippen LogP contribution in [0.4, 0.5) is 15.8 Å². The van der Waals surface area contributed by atoms with Gasteiger partial charge in [-0.15, -0.1) is 0 Å². The highest BCUT2D eigenvalue weighted by Gasteiger charge is 2.29. The quantitative estimate of drug-likeness (QED) is 0.479. The summed E-state index contributed by atoms with van der Waals surface area (Å²) < 4.78 is 44.0. The van der Waals surface area contributed by atoms with Gasteiger partial charge in [0.05, 0.1) is 24.1 Å². The Morgan fingerprint density at radius 2 is 1.83 bits per heavy atom. The molecule has 0 aliphatic rings. The average Bonchev–Trinajstić information content (AvgIpc) is 2.67. The van der Waals surface area contributed by atoms with Crippen LogP contribution < -0.4 is 9.62 Å². The molecule has 0 aliphatic carbocycles. The fourth-order valence-electron chi connectivity index (χ4n) is 2.75. The number of ether oxygens (including phenoxy) is 1. The number of halogens is 1. The lowest BCUT2D eigenvalue weighted by Crippen LogP contribution is -2.45. The first-order chi connectivity index (χ1) is 14.1. The molecular weight excluding hydrogens is 411 g/mol. The minimum atomic E-state index is -3.86. The van der Waals surface area contributed by atoms with Crippen molar-refractivity contribution in [2.75, 3.05) is 22.5 Å². The zero-order valence-corrected chi connectivity index (χ0v) is 17.9. The molecular formula is C21H25FN2O5S. The number of hydrogen-bond acceptors (Lipinski definition) is 5. The normalized spacial score (nSPS) is 12.1. The first-order valence-corrected chi connectivity index (χ1v) is 11.3. The second kappa shape index (κ2) is 10.2. The van der Waals surface area contributed by atoms with E-state index in [9.17, 15) is 22.4 Å². The summed E-state index contributed by atoms with van der Waals surface area (Å²) in [6.45, 7) is 3.74. The Labute approximate surface area is 175 Å². The van der Waals surface area contributed by atoms with E-state index in [1.54, 1.807) is 0 Å². The fourth-order valence-corrected chi connectivity index (χ4v) is 3.92. The summed E-state index contributed by atoms with van der Waals surface area (Å²) in [4.78, 5) is 24.6. The van der Waals surface area contributed by atoms with Gasteiger partial charge in [0.1, 0.15) is 11.9 Å². The van der Waals surface area contributed by atoms with Crippen LogP contribution in [-0.2, 0) is 19.6 Å². The van der Waals surface area contributed by atoms with Gasteiger partial charge in [-0.2, -0.15) is 0 Å². The van der Waals surface area contributed by atoms with E-state index in [0.29, 0.717) is 17.9 Å². The molecule has 0 spiro atoms. The fraction of sp³-hybridized carbons (Fsp3) is 0.333. The standard InChI is InChI=1S/C21H25FN2O5S/c1-4-5-13-29-21(26)16-9-11-18(12-10-16)23-20(25)15(2)24(30(3,27)28)19-8-6-7-17(22)14-19/h6-12,14-15H,4-5,13H2,1-3H3,(H,23,25)/t15-/m1/s1. The molecule has 1 atom stereocenters. The maximum Gasteiger partial charge on any atom is 0.338 e. The van der Waals surface area contributed by atoms with E-state index in [4.69, 9.17) is 4.74 Å². The van der Waals surface area contributed by atoms with E-state index in [1.165, 1.54) is 49.4 Å². The molecule has 2 aromatic carbocycles. The summed E-state index contributed by atoms with van der Waals surface area (Å²) in [5.74, 6) is -1.68. The van der Waals surface area contributed by atoms with Crippen molar-refractivity contribution in [2.45, 2.75) is 32.7 Å². The van der Waals surface area contributed by atoms with Crippen molar-refractivity contribution in [2.24, 2.45) is 0 Å². The van der Waals surface area contributed by atoms with Crippen LogP contribution in [-0.4, -0.2) is 39.2 Å².